The maximum absolute atomic E-state index is 12.5. The number of aromatic carboxylic acids is 1. The highest BCUT2D eigenvalue weighted by Gasteiger charge is 2.13. The number of hydrogen-bond donors (Lipinski definition) is 2. The third-order valence-corrected chi connectivity index (χ3v) is 5.54. The van der Waals surface area contributed by atoms with E-state index >= 15 is 0 Å². The van der Waals surface area contributed by atoms with Gasteiger partial charge in [0.1, 0.15) is 0 Å². The number of carbonyl (C=O) groups is 2. The van der Waals surface area contributed by atoms with E-state index in [1.807, 2.05) is 67.8 Å². The minimum absolute atomic E-state index is 0.256. The minimum atomic E-state index is -0.949. The lowest BCUT2D eigenvalue weighted by Gasteiger charge is -2.13. The SMILES string of the molecule is Cc1cc(C(=O)O)ccc1-n1c(C)cc(/C=N\NC(=O)c2ccc3ccccc3c2)c1C. The summed E-state index contributed by atoms with van der Waals surface area (Å²) >= 11 is 0. The molecule has 0 aliphatic rings. The molecule has 0 saturated heterocycles. The number of amides is 1. The molecular weight excluding hydrogens is 402 g/mol. The number of benzene rings is 3. The number of nitrogens with one attached hydrogen (secondary N) is 1. The van der Waals surface area contributed by atoms with Crippen LogP contribution in [0.5, 0.6) is 0 Å². The summed E-state index contributed by atoms with van der Waals surface area (Å²) in [5.41, 5.74) is 7.95. The van der Waals surface area contributed by atoms with Crippen molar-refractivity contribution in [2.75, 3.05) is 0 Å². The molecule has 4 aromatic rings. The number of carboxylic acids is 1. The maximum Gasteiger partial charge on any atom is 0.335 e. The lowest BCUT2D eigenvalue weighted by Crippen LogP contribution is -2.17. The number of hydrazone groups is 1. The lowest BCUT2D eigenvalue weighted by atomic mass is 10.1. The van der Waals surface area contributed by atoms with Gasteiger partial charge in [0.15, 0.2) is 0 Å². The van der Waals surface area contributed by atoms with Gasteiger partial charge in [0, 0.05) is 28.2 Å². The molecule has 0 bridgehead atoms. The Bertz CT molecular complexity index is 1380. The fraction of sp³-hybridized carbons (Fsp3) is 0.115. The molecule has 0 atom stereocenters. The third kappa shape index (κ3) is 4.03. The summed E-state index contributed by atoms with van der Waals surface area (Å²) in [5, 5.41) is 15.4. The van der Waals surface area contributed by atoms with Crippen LogP contribution in [0.1, 0.15) is 43.2 Å². The summed E-state index contributed by atoms with van der Waals surface area (Å²) in [7, 11) is 0. The highest BCUT2D eigenvalue weighted by molar-refractivity contribution is 5.99. The lowest BCUT2D eigenvalue weighted by molar-refractivity contribution is 0.0696. The van der Waals surface area contributed by atoms with E-state index in [-0.39, 0.29) is 11.5 Å². The predicted molar refractivity (Wildman–Crippen MR) is 126 cm³/mol. The zero-order chi connectivity index (χ0) is 22.8. The van der Waals surface area contributed by atoms with Crippen molar-refractivity contribution in [2.24, 2.45) is 5.10 Å². The molecular formula is C26H23N3O3. The van der Waals surface area contributed by atoms with Gasteiger partial charge in [-0.15, -0.1) is 0 Å². The number of nitrogens with zero attached hydrogens (tertiary/aromatic N) is 2. The van der Waals surface area contributed by atoms with Crippen LogP contribution in [0.3, 0.4) is 0 Å². The summed E-state index contributed by atoms with van der Waals surface area (Å²) < 4.78 is 2.05. The van der Waals surface area contributed by atoms with E-state index in [0.29, 0.717) is 5.56 Å². The predicted octanol–water partition coefficient (Wildman–Crippen LogP) is 5.02. The molecule has 1 aromatic heterocycles. The maximum atomic E-state index is 12.5. The van der Waals surface area contributed by atoms with Gasteiger partial charge in [-0.3, -0.25) is 4.79 Å². The van der Waals surface area contributed by atoms with Crippen molar-refractivity contribution in [3.63, 3.8) is 0 Å². The monoisotopic (exact) mass is 425 g/mol. The van der Waals surface area contributed by atoms with Crippen LogP contribution in [0.2, 0.25) is 0 Å². The van der Waals surface area contributed by atoms with Gasteiger partial charge in [-0.05, 0) is 73.5 Å². The van der Waals surface area contributed by atoms with Crippen molar-refractivity contribution in [1.82, 2.24) is 9.99 Å². The first-order valence-electron chi connectivity index (χ1n) is 10.2. The molecule has 0 saturated carbocycles. The van der Waals surface area contributed by atoms with Crippen molar-refractivity contribution in [3.05, 3.63) is 100 Å². The fourth-order valence-electron chi connectivity index (χ4n) is 3.88. The standard InChI is InChI=1S/C26H23N3O3/c1-16-12-22(26(31)32)10-11-24(16)29-17(2)13-23(18(29)3)15-27-28-25(30)21-9-8-19-6-4-5-7-20(19)14-21/h4-15H,1-3H3,(H,28,30)(H,31,32)/b27-15-. The number of fused-ring (bicyclic) bond motifs is 1. The van der Waals surface area contributed by atoms with Crippen LogP contribution in [-0.4, -0.2) is 27.8 Å². The molecule has 2 N–H and O–H groups in total. The third-order valence-electron chi connectivity index (χ3n) is 5.54. The summed E-state index contributed by atoms with van der Waals surface area (Å²) in [4.78, 5) is 23.7. The largest absolute Gasteiger partial charge is 0.478 e. The zero-order valence-corrected chi connectivity index (χ0v) is 18.1. The molecule has 0 aliphatic carbocycles. The van der Waals surface area contributed by atoms with Gasteiger partial charge in [-0.1, -0.05) is 30.3 Å². The first kappa shape index (κ1) is 21.1. The van der Waals surface area contributed by atoms with E-state index in [1.165, 1.54) is 0 Å². The van der Waals surface area contributed by atoms with Gasteiger partial charge in [0.2, 0.25) is 0 Å². The molecule has 160 valence electrons. The van der Waals surface area contributed by atoms with Crippen molar-refractivity contribution in [3.8, 4) is 5.69 Å². The fourth-order valence-corrected chi connectivity index (χ4v) is 3.88. The van der Waals surface area contributed by atoms with Gasteiger partial charge in [-0.2, -0.15) is 5.10 Å². The van der Waals surface area contributed by atoms with Crippen LogP contribution in [0.15, 0.2) is 71.8 Å². The van der Waals surface area contributed by atoms with Gasteiger partial charge < -0.3 is 9.67 Å². The van der Waals surface area contributed by atoms with Crippen LogP contribution in [0.25, 0.3) is 16.5 Å². The van der Waals surface area contributed by atoms with Crippen molar-refractivity contribution < 1.29 is 14.7 Å². The van der Waals surface area contributed by atoms with Crippen LogP contribution >= 0.6 is 0 Å². The quantitative estimate of drug-likeness (QED) is 0.348. The Labute approximate surface area is 185 Å². The van der Waals surface area contributed by atoms with Crippen molar-refractivity contribution in [1.29, 1.82) is 0 Å². The van der Waals surface area contributed by atoms with E-state index < -0.39 is 5.97 Å². The van der Waals surface area contributed by atoms with Gasteiger partial charge in [-0.25, -0.2) is 10.2 Å². The molecule has 3 aromatic carbocycles. The van der Waals surface area contributed by atoms with E-state index in [9.17, 15) is 14.7 Å². The number of carboxylic acid groups (broad SMARTS) is 1. The minimum Gasteiger partial charge on any atom is -0.478 e. The molecule has 0 radical (unpaired) electrons. The second-order valence-electron chi connectivity index (χ2n) is 7.73. The first-order valence-corrected chi connectivity index (χ1v) is 10.2. The Hall–Kier alpha value is -4.19. The highest BCUT2D eigenvalue weighted by atomic mass is 16.4. The number of aryl methyl sites for hydroxylation is 2. The summed E-state index contributed by atoms with van der Waals surface area (Å²) in [6.07, 6.45) is 1.62. The van der Waals surface area contributed by atoms with E-state index in [4.69, 9.17) is 0 Å². The molecule has 6 heteroatoms. The Kier molecular flexibility index (Phi) is 5.60. The number of carbonyl (C=O) groups excluding carboxylic acids is 1. The highest BCUT2D eigenvalue weighted by Crippen LogP contribution is 2.23. The molecule has 32 heavy (non-hydrogen) atoms. The smallest absolute Gasteiger partial charge is 0.335 e. The Balaban J connectivity index is 1.55. The Morgan fingerprint density at radius 1 is 0.906 bits per heavy atom. The van der Waals surface area contributed by atoms with Crippen molar-refractivity contribution in [2.45, 2.75) is 20.8 Å². The average molecular weight is 425 g/mol. The van der Waals surface area contributed by atoms with Crippen LogP contribution < -0.4 is 5.43 Å². The topological polar surface area (TPSA) is 83.7 Å². The Morgan fingerprint density at radius 2 is 1.62 bits per heavy atom. The summed E-state index contributed by atoms with van der Waals surface area (Å²) in [6.45, 7) is 5.82. The number of hydrogen-bond acceptors (Lipinski definition) is 3. The molecule has 0 unspecified atom stereocenters. The van der Waals surface area contributed by atoms with E-state index in [0.717, 1.165) is 39.0 Å². The Morgan fingerprint density at radius 3 is 2.34 bits per heavy atom. The summed E-state index contributed by atoms with van der Waals surface area (Å²) in [5.74, 6) is -1.23. The number of aromatic nitrogens is 1. The van der Waals surface area contributed by atoms with Crippen molar-refractivity contribution >= 4 is 28.9 Å². The van der Waals surface area contributed by atoms with Gasteiger partial charge >= 0.3 is 5.97 Å². The molecule has 0 aliphatic heterocycles. The van der Waals surface area contributed by atoms with Crippen LogP contribution in [0.4, 0.5) is 0 Å². The summed E-state index contributed by atoms with van der Waals surface area (Å²) in [6, 6.07) is 20.5. The van der Waals surface area contributed by atoms with Gasteiger partial charge in [0.05, 0.1) is 11.8 Å². The molecule has 1 amide bonds. The molecule has 0 fully saturated rings. The van der Waals surface area contributed by atoms with Crippen LogP contribution in [-0.2, 0) is 0 Å². The van der Waals surface area contributed by atoms with Crippen LogP contribution in [0, 0.1) is 20.8 Å². The second kappa shape index (κ2) is 8.51. The molecule has 4 rings (SSSR count). The molecule has 0 spiro atoms. The number of rotatable bonds is 5. The normalized spacial score (nSPS) is 11.2. The van der Waals surface area contributed by atoms with Gasteiger partial charge in [0.25, 0.3) is 5.91 Å². The van der Waals surface area contributed by atoms with E-state index in [2.05, 4.69) is 10.5 Å². The zero-order valence-electron chi connectivity index (χ0n) is 18.1. The van der Waals surface area contributed by atoms with E-state index in [1.54, 1.807) is 30.5 Å². The molecule has 1 heterocycles. The average Bonchev–Trinajstić information content (AvgIpc) is 3.06. The molecule has 6 nitrogen and oxygen atoms in total. The second-order valence-corrected chi connectivity index (χ2v) is 7.73. The first-order chi connectivity index (χ1) is 15.3.